The normalized spacial score (nSPS) is 11.1. The maximum Gasteiger partial charge on any atom is 0.298 e. The zero-order valence-electron chi connectivity index (χ0n) is 15.7. The number of fused-ring (bicyclic) bond motifs is 1. The lowest BCUT2D eigenvalue weighted by atomic mass is 10.1. The first-order valence-corrected chi connectivity index (χ1v) is 8.70. The molecule has 0 spiro atoms. The number of hydrogen-bond donors (Lipinski definition) is 0. The standard InChI is InChI=1S/C21H20N4O2/c1-13-8-7-10-17(14(13)2)24-20-16(12-22-24)15(3)23-25(21(20)26)18-9-5-6-11-19(18)27-4/h5-12H,1-4H3. The zero-order valence-corrected chi connectivity index (χ0v) is 15.7. The molecule has 6 nitrogen and oxygen atoms in total. The SMILES string of the molecule is COc1ccccc1-n1nc(C)c2cnn(-c3cccc(C)c3C)c2c1=O. The molecule has 2 aromatic carbocycles. The third kappa shape index (κ3) is 2.61. The molecule has 0 radical (unpaired) electrons. The number of aryl methyl sites for hydroxylation is 2. The van der Waals surface area contributed by atoms with Crippen LogP contribution < -0.4 is 10.3 Å². The largest absolute Gasteiger partial charge is 0.494 e. The summed E-state index contributed by atoms with van der Waals surface area (Å²) in [6.07, 6.45) is 1.70. The quantitative estimate of drug-likeness (QED) is 0.561. The highest BCUT2D eigenvalue weighted by Gasteiger charge is 2.18. The average Bonchev–Trinajstić information content (AvgIpc) is 3.12. The fourth-order valence-electron chi connectivity index (χ4n) is 3.28. The predicted octanol–water partition coefficient (Wildman–Crippen LogP) is 3.51. The van der Waals surface area contributed by atoms with Crippen LogP contribution in [0.25, 0.3) is 22.3 Å². The van der Waals surface area contributed by atoms with Gasteiger partial charge in [-0.15, -0.1) is 0 Å². The maximum absolute atomic E-state index is 13.4. The molecule has 0 fully saturated rings. The van der Waals surface area contributed by atoms with E-state index >= 15 is 0 Å². The monoisotopic (exact) mass is 360 g/mol. The molecule has 4 rings (SSSR count). The van der Waals surface area contributed by atoms with E-state index in [1.807, 2.05) is 63.2 Å². The second kappa shape index (κ2) is 6.39. The van der Waals surface area contributed by atoms with Crippen LogP contribution >= 0.6 is 0 Å². The maximum atomic E-state index is 13.4. The van der Waals surface area contributed by atoms with Crippen molar-refractivity contribution in [1.82, 2.24) is 19.6 Å². The van der Waals surface area contributed by atoms with Crippen molar-refractivity contribution in [3.8, 4) is 17.1 Å². The van der Waals surface area contributed by atoms with Gasteiger partial charge in [-0.3, -0.25) is 4.79 Å². The van der Waals surface area contributed by atoms with Gasteiger partial charge in [-0.25, -0.2) is 4.68 Å². The van der Waals surface area contributed by atoms with Gasteiger partial charge in [0.1, 0.15) is 17.0 Å². The van der Waals surface area contributed by atoms with Crippen molar-refractivity contribution in [2.75, 3.05) is 7.11 Å². The third-order valence-corrected chi connectivity index (χ3v) is 4.92. The molecule has 0 N–H and O–H groups in total. The van der Waals surface area contributed by atoms with Gasteiger partial charge in [0.15, 0.2) is 0 Å². The molecule has 0 saturated heterocycles. The summed E-state index contributed by atoms with van der Waals surface area (Å²) in [5, 5.41) is 9.74. The molecule has 0 amide bonds. The molecule has 27 heavy (non-hydrogen) atoms. The number of para-hydroxylation sites is 2. The van der Waals surface area contributed by atoms with E-state index in [2.05, 4.69) is 10.2 Å². The van der Waals surface area contributed by atoms with Gasteiger partial charge >= 0.3 is 0 Å². The van der Waals surface area contributed by atoms with Crippen molar-refractivity contribution in [2.24, 2.45) is 0 Å². The Balaban J connectivity index is 2.07. The van der Waals surface area contributed by atoms with Gasteiger partial charge in [-0.2, -0.15) is 14.9 Å². The lowest BCUT2D eigenvalue weighted by molar-refractivity contribution is 0.411. The summed E-state index contributed by atoms with van der Waals surface area (Å²) < 4.78 is 8.51. The average molecular weight is 360 g/mol. The summed E-state index contributed by atoms with van der Waals surface area (Å²) in [6, 6.07) is 13.3. The van der Waals surface area contributed by atoms with Crippen molar-refractivity contribution in [3.05, 3.63) is 75.8 Å². The van der Waals surface area contributed by atoms with E-state index < -0.39 is 0 Å². The molecule has 4 aromatic rings. The highest BCUT2D eigenvalue weighted by molar-refractivity contribution is 5.82. The summed E-state index contributed by atoms with van der Waals surface area (Å²) >= 11 is 0. The Morgan fingerprint density at radius 2 is 1.67 bits per heavy atom. The fraction of sp³-hybridized carbons (Fsp3) is 0.190. The van der Waals surface area contributed by atoms with Crippen LogP contribution in [0.2, 0.25) is 0 Å². The molecular weight excluding hydrogens is 340 g/mol. The van der Waals surface area contributed by atoms with Crippen molar-refractivity contribution < 1.29 is 4.74 Å². The number of nitrogens with zero attached hydrogens (tertiary/aromatic N) is 4. The van der Waals surface area contributed by atoms with Crippen LogP contribution in [-0.2, 0) is 0 Å². The van der Waals surface area contributed by atoms with Crippen molar-refractivity contribution in [1.29, 1.82) is 0 Å². The van der Waals surface area contributed by atoms with Gasteiger partial charge in [-0.1, -0.05) is 24.3 Å². The molecule has 136 valence electrons. The van der Waals surface area contributed by atoms with Crippen LogP contribution in [0.4, 0.5) is 0 Å². The Bertz CT molecular complexity index is 1220. The summed E-state index contributed by atoms with van der Waals surface area (Å²) in [7, 11) is 1.58. The summed E-state index contributed by atoms with van der Waals surface area (Å²) in [6.45, 7) is 5.96. The van der Waals surface area contributed by atoms with Crippen LogP contribution in [0, 0.1) is 20.8 Å². The molecule has 0 unspecified atom stereocenters. The van der Waals surface area contributed by atoms with Gasteiger partial charge < -0.3 is 4.74 Å². The van der Waals surface area contributed by atoms with Gasteiger partial charge in [0.05, 0.1) is 24.7 Å². The molecule has 0 bridgehead atoms. The minimum Gasteiger partial charge on any atom is -0.494 e. The predicted molar refractivity (Wildman–Crippen MR) is 105 cm³/mol. The van der Waals surface area contributed by atoms with Crippen LogP contribution in [0.15, 0.2) is 53.5 Å². The van der Waals surface area contributed by atoms with E-state index in [1.165, 1.54) is 4.68 Å². The number of rotatable bonds is 3. The highest BCUT2D eigenvalue weighted by atomic mass is 16.5. The fourth-order valence-corrected chi connectivity index (χ4v) is 3.28. The second-order valence-corrected chi connectivity index (χ2v) is 6.51. The van der Waals surface area contributed by atoms with E-state index in [9.17, 15) is 4.79 Å². The lowest BCUT2D eigenvalue weighted by Crippen LogP contribution is -2.24. The zero-order chi connectivity index (χ0) is 19.1. The van der Waals surface area contributed by atoms with Crippen molar-refractivity contribution >= 4 is 10.9 Å². The minimum atomic E-state index is -0.237. The molecule has 2 aromatic heterocycles. The topological polar surface area (TPSA) is 61.9 Å². The van der Waals surface area contributed by atoms with Gasteiger partial charge in [0.25, 0.3) is 5.56 Å². The second-order valence-electron chi connectivity index (χ2n) is 6.51. The number of hydrogen-bond acceptors (Lipinski definition) is 4. The summed E-state index contributed by atoms with van der Waals surface area (Å²) in [4.78, 5) is 13.4. The van der Waals surface area contributed by atoms with Crippen LogP contribution in [0.3, 0.4) is 0 Å². The summed E-state index contributed by atoms with van der Waals surface area (Å²) in [5.74, 6) is 0.587. The Labute approximate surface area is 156 Å². The van der Waals surface area contributed by atoms with Crippen LogP contribution in [0.1, 0.15) is 16.8 Å². The first kappa shape index (κ1) is 17.0. The van der Waals surface area contributed by atoms with Crippen LogP contribution in [-0.4, -0.2) is 26.7 Å². The first-order chi connectivity index (χ1) is 13.0. The third-order valence-electron chi connectivity index (χ3n) is 4.92. The number of methoxy groups -OCH3 is 1. The molecule has 0 aliphatic heterocycles. The van der Waals surface area contributed by atoms with E-state index in [4.69, 9.17) is 4.74 Å². The van der Waals surface area contributed by atoms with Gasteiger partial charge in [0.2, 0.25) is 0 Å². The molecule has 6 heteroatoms. The molecule has 0 aliphatic carbocycles. The molecule has 0 atom stereocenters. The Morgan fingerprint density at radius 3 is 2.44 bits per heavy atom. The molecule has 2 heterocycles. The molecule has 0 saturated carbocycles. The Morgan fingerprint density at radius 1 is 0.926 bits per heavy atom. The first-order valence-electron chi connectivity index (χ1n) is 8.70. The Kier molecular flexibility index (Phi) is 4.03. The van der Waals surface area contributed by atoms with E-state index in [0.717, 1.165) is 27.9 Å². The number of ether oxygens (including phenoxy) is 1. The number of aromatic nitrogens is 4. The highest BCUT2D eigenvalue weighted by Crippen LogP contribution is 2.24. The van der Waals surface area contributed by atoms with E-state index in [0.29, 0.717) is 17.0 Å². The van der Waals surface area contributed by atoms with E-state index in [1.54, 1.807) is 18.0 Å². The molecule has 0 aliphatic rings. The lowest BCUT2D eigenvalue weighted by Gasteiger charge is -2.13. The molecular formula is C21H20N4O2. The Hall–Kier alpha value is -3.41. The number of benzene rings is 2. The summed E-state index contributed by atoms with van der Waals surface area (Å²) in [5.41, 5.74) is 4.71. The van der Waals surface area contributed by atoms with Gasteiger partial charge in [0, 0.05) is 5.39 Å². The van der Waals surface area contributed by atoms with Crippen LogP contribution in [0.5, 0.6) is 5.75 Å². The minimum absolute atomic E-state index is 0.237. The van der Waals surface area contributed by atoms with Gasteiger partial charge in [-0.05, 0) is 50.1 Å². The van der Waals surface area contributed by atoms with E-state index in [-0.39, 0.29) is 5.56 Å². The van der Waals surface area contributed by atoms with Crippen molar-refractivity contribution in [2.45, 2.75) is 20.8 Å². The smallest absolute Gasteiger partial charge is 0.298 e. The van der Waals surface area contributed by atoms with Crippen molar-refractivity contribution in [3.63, 3.8) is 0 Å².